The monoisotopic (exact) mass is 441 g/mol. The van der Waals surface area contributed by atoms with Gasteiger partial charge in [-0.1, -0.05) is 54.3 Å². The summed E-state index contributed by atoms with van der Waals surface area (Å²) in [6.07, 6.45) is 0.249. The highest BCUT2D eigenvalue weighted by Gasteiger charge is 2.36. The Morgan fingerprint density at radius 2 is 1.27 bits per heavy atom. The van der Waals surface area contributed by atoms with Crippen molar-refractivity contribution in [3.05, 3.63) is 90.5 Å². The minimum absolute atomic E-state index is 0.0569. The maximum absolute atomic E-state index is 13.4. The third-order valence-corrected chi connectivity index (χ3v) is 8.25. The van der Waals surface area contributed by atoms with Gasteiger partial charge in [0.05, 0.1) is 22.1 Å². The molecule has 6 nitrogen and oxygen atoms in total. The average molecular weight is 442 g/mol. The first-order valence-corrected chi connectivity index (χ1v) is 11.9. The van der Waals surface area contributed by atoms with Crippen LogP contribution in [0.4, 0.5) is 5.69 Å². The number of hydrogen-bond acceptors (Lipinski definition) is 5. The van der Waals surface area contributed by atoms with Crippen molar-refractivity contribution in [2.75, 3.05) is 10.3 Å². The molecule has 3 aromatic rings. The molecule has 0 spiro atoms. The molecule has 0 radical (unpaired) electrons. The van der Waals surface area contributed by atoms with E-state index in [2.05, 4.69) is 11.8 Å². The van der Waals surface area contributed by atoms with Crippen molar-refractivity contribution < 1.29 is 21.9 Å². The summed E-state index contributed by atoms with van der Waals surface area (Å²) in [5.41, 5.74) is 0.371. The molecule has 0 aromatic heterocycles. The Morgan fingerprint density at radius 1 is 0.733 bits per heavy atom. The van der Waals surface area contributed by atoms with Gasteiger partial charge in [0.25, 0.3) is 20.0 Å². The second kappa shape index (κ2) is 9.13. The summed E-state index contributed by atoms with van der Waals surface area (Å²) >= 11 is 0. The van der Waals surface area contributed by atoms with Crippen LogP contribution < -0.4 is 3.71 Å². The predicted molar refractivity (Wildman–Crippen MR) is 115 cm³/mol. The molecule has 0 fully saturated rings. The minimum atomic E-state index is -4.44. The van der Waals surface area contributed by atoms with E-state index in [-0.39, 0.29) is 28.5 Å². The molecule has 0 saturated heterocycles. The minimum Gasteiger partial charge on any atom is -0.395 e. The van der Waals surface area contributed by atoms with Gasteiger partial charge in [0.1, 0.15) is 0 Å². The van der Waals surface area contributed by atoms with Gasteiger partial charge >= 0.3 is 0 Å². The molecule has 154 valence electrons. The molecule has 0 aliphatic heterocycles. The number of aliphatic hydroxyl groups excluding tert-OH is 1. The van der Waals surface area contributed by atoms with Gasteiger partial charge < -0.3 is 5.11 Å². The molecule has 0 aliphatic carbocycles. The number of aliphatic hydroxyl groups is 1. The lowest BCUT2D eigenvalue weighted by Crippen LogP contribution is -2.37. The second-order valence-electron chi connectivity index (χ2n) is 6.16. The van der Waals surface area contributed by atoms with E-state index in [0.29, 0.717) is 9.27 Å². The molecule has 0 saturated carbocycles. The Morgan fingerprint density at radius 3 is 1.77 bits per heavy atom. The van der Waals surface area contributed by atoms with E-state index in [4.69, 9.17) is 5.11 Å². The highest BCUT2D eigenvalue weighted by Crippen LogP contribution is 2.31. The number of sulfonamides is 2. The second-order valence-corrected chi connectivity index (χ2v) is 9.96. The van der Waals surface area contributed by atoms with Crippen LogP contribution in [0.1, 0.15) is 12.0 Å². The van der Waals surface area contributed by atoms with Gasteiger partial charge in [-0.25, -0.2) is 16.8 Å². The lowest BCUT2D eigenvalue weighted by Gasteiger charge is -2.24. The molecule has 3 rings (SSSR count). The van der Waals surface area contributed by atoms with Gasteiger partial charge in [-0.15, -0.1) is 0 Å². The van der Waals surface area contributed by atoms with Gasteiger partial charge in [-0.3, -0.25) is 0 Å². The summed E-state index contributed by atoms with van der Waals surface area (Å²) in [6, 6.07) is 20.7. The summed E-state index contributed by atoms with van der Waals surface area (Å²) < 4.78 is 54.0. The van der Waals surface area contributed by atoms with Crippen molar-refractivity contribution in [2.45, 2.75) is 16.2 Å². The molecule has 0 bridgehead atoms. The van der Waals surface area contributed by atoms with Crippen molar-refractivity contribution in [2.24, 2.45) is 0 Å². The van der Waals surface area contributed by atoms with Crippen LogP contribution in [-0.2, 0) is 20.0 Å². The first-order valence-electron chi connectivity index (χ1n) is 8.98. The molecule has 1 N–H and O–H groups in total. The van der Waals surface area contributed by atoms with Crippen LogP contribution >= 0.6 is 0 Å². The van der Waals surface area contributed by atoms with E-state index in [1.807, 2.05) is 0 Å². The molecule has 30 heavy (non-hydrogen) atoms. The maximum atomic E-state index is 13.4. The Labute approximate surface area is 176 Å². The molecular formula is C22H19NO5S2. The van der Waals surface area contributed by atoms with Crippen molar-refractivity contribution in [3.8, 4) is 11.8 Å². The quantitative estimate of drug-likeness (QED) is 0.594. The predicted octanol–water partition coefficient (Wildman–Crippen LogP) is 3.00. The fourth-order valence-corrected chi connectivity index (χ4v) is 6.42. The first kappa shape index (κ1) is 21.6. The van der Waals surface area contributed by atoms with Gasteiger partial charge in [-0.05, 0) is 42.5 Å². The summed E-state index contributed by atoms with van der Waals surface area (Å²) in [5, 5.41) is 8.88. The molecule has 3 aromatic carbocycles. The smallest absolute Gasteiger partial charge is 0.277 e. The van der Waals surface area contributed by atoms with Crippen LogP contribution in [0.2, 0.25) is 0 Å². The molecule has 0 unspecified atom stereocenters. The fraction of sp³-hybridized carbons (Fsp3) is 0.0909. The van der Waals surface area contributed by atoms with Gasteiger partial charge in [0.15, 0.2) is 0 Å². The van der Waals surface area contributed by atoms with E-state index >= 15 is 0 Å². The lowest BCUT2D eigenvalue weighted by atomic mass is 10.2. The highest BCUT2D eigenvalue weighted by molar-refractivity contribution is 8.10. The normalized spacial score (nSPS) is 11.4. The van der Waals surface area contributed by atoms with Crippen molar-refractivity contribution in [1.82, 2.24) is 0 Å². The van der Waals surface area contributed by atoms with Gasteiger partial charge in [0.2, 0.25) is 0 Å². The summed E-state index contributed by atoms with van der Waals surface area (Å²) in [7, 11) is -8.89. The van der Waals surface area contributed by atoms with E-state index in [1.54, 1.807) is 18.2 Å². The number of hydrogen-bond donors (Lipinski definition) is 1. The molecule has 0 heterocycles. The van der Waals surface area contributed by atoms with Crippen LogP contribution in [0.5, 0.6) is 0 Å². The summed E-state index contributed by atoms with van der Waals surface area (Å²) in [4.78, 5) is -0.303. The fourth-order valence-electron chi connectivity index (χ4n) is 2.70. The van der Waals surface area contributed by atoms with Crippen molar-refractivity contribution >= 4 is 25.7 Å². The number of rotatable bonds is 6. The Balaban J connectivity index is 2.22. The molecule has 0 amide bonds. The van der Waals surface area contributed by atoms with Gasteiger partial charge in [-0.2, -0.15) is 3.71 Å². The van der Waals surface area contributed by atoms with Crippen LogP contribution in [-0.4, -0.2) is 28.5 Å². The first-order chi connectivity index (χ1) is 14.4. The highest BCUT2D eigenvalue weighted by atomic mass is 32.3. The van der Waals surface area contributed by atoms with Crippen LogP contribution in [0.15, 0.2) is 94.7 Å². The number of nitrogens with zero attached hydrogens (tertiary/aromatic N) is 1. The summed E-state index contributed by atoms with van der Waals surface area (Å²) in [6.45, 7) is -0.108. The Kier molecular flexibility index (Phi) is 6.57. The SMILES string of the molecule is O=S(=O)(c1ccccc1)N(c1cccc(C#CCCO)c1)S(=O)(=O)c1ccccc1. The standard InChI is InChI=1S/C22H19NO5S2/c24-17-8-7-10-19-11-9-12-20(18-19)23(29(25,26)21-13-3-1-4-14-21)30(27,28)22-15-5-2-6-16-22/h1-6,9,11-16,18,24H,8,17H2. The zero-order valence-electron chi connectivity index (χ0n) is 15.8. The van der Waals surface area contributed by atoms with Crippen molar-refractivity contribution in [1.29, 1.82) is 0 Å². The Hall–Kier alpha value is -3.12. The van der Waals surface area contributed by atoms with Crippen molar-refractivity contribution in [3.63, 3.8) is 0 Å². The lowest BCUT2D eigenvalue weighted by molar-refractivity contribution is 0.305. The third-order valence-electron chi connectivity index (χ3n) is 4.05. The zero-order chi connectivity index (χ0) is 21.6. The van der Waals surface area contributed by atoms with Crippen LogP contribution in [0, 0.1) is 11.8 Å². The van der Waals surface area contributed by atoms with E-state index in [1.165, 1.54) is 66.7 Å². The average Bonchev–Trinajstić information content (AvgIpc) is 2.75. The molecule has 0 aliphatic rings. The third kappa shape index (κ3) is 4.54. The number of anilines is 1. The van der Waals surface area contributed by atoms with E-state index in [0.717, 1.165) is 0 Å². The largest absolute Gasteiger partial charge is 0.395 e. The molecule has 0 atom stereocenters. The van der Waals surface area contributed by atoms with E-state index in [9.17, 15) is 16.8 Å². The van der Waals surface area contributed by atoms with Gasteiger partial charge in [0, 0.05) is 12.0 Å². The Bertz CT molecular complexity index is 1210. The van der Waals surface area contributed by atoms with Crippen LogP contribution in [0.3, 0.4) is 0 Å². The topological polar surface area (TPSA) is 91.8 Å². The maximum Gasteiger partial charge on any atom is 0.277 e. The molecule has 8 heteroatoms. The van der Waals surface area contributed by atoms with Crippen LogP contribution in [0.25, 0.3) is 0 Å². The number of benzene rings is 3. The summed E-state index contributed by atoms with van der Waals surface area (Å²) in [5.74, 6) is 5.54. The zero-order valence-corrected chi connectivity index (χ0v) is 17.5. The van der Waals surface area contributed by atoms with E-state index < -0.39 is 20.0 Å². The molecular weight excluding hydrogens is 422 g/mol.